The van der Waals surface area contributed by atoms with Gasteiger partial charge in [-0.25, -0.2) is 0 Å². The monoisotopic (exact) mass is 492 g/mol. The zero-order valence-electron chi connectivity index (χ0n) is 21.6. The normalized spacial score (nSPS) is 12.2. The molecule has 0 fully saturated rings. The van der Waals surface area contributed by atoms with E-state index >= 15 is 0 Å². The highest BCUT2D eigenvalue weighted by Crippen LogP contribution is 2.26. The van der Waals surface area contributed by atoms with Crippen molar-refractivity contribution < 1.29 is 9.26 Å². The van der Waals surface area contributed by atoms with Gasteiger partial charge in [0.1, 0.15) is 11.5 Å². The van der Waals surface area contributed by atoms with Gasteiger partial charge in [-0.2, -0.15) is 0 Å². The maximum absolute atomic E-state index is 5.33. The Hall–Kier alpha value is -2.55. The summed E-state index contributed by atoms with van der Waals surface area (Å²) in [4.78, 5) is 2.36. The Morgan fingerprint density at radius 2 is 1.60 bits per heavy atom. The molecule has 1 atom stereocenters. The fourth-order valence-electron chi connectivity index (χ4n) is 4.42. The molecule has 5 heteroatoms. The summed E-state index contributed by atoms with van der Waals surface area (Å²) in [6.45, 7) is 8.28. The van der Waals surface area contributed by atoms with E-state index in [1.165, 1.54) is 53.6 Å². The van der Waals surface area contributed by atoms with Crippen LogP contribution in [0.2, 0.25) is 0 Å². The molecule has 0 saturated heterocycles. The molecule has 188 valence electrons. The molecule has 0 spiro atoms. The lowest BCUT2D eigenvalue weighted by atomic mass is 9.92. The van der Waals surface area contributed by atoms with Crippen molar-refractivity contribution in [2.24, 2.45) is 0 Å². The molecule has 1 aliphatic carbocycles. The molecule has 3 aromatic carbocycles. The van der Waals surface area contributed by atoms with Crippen LogP contribution in [0, 0.1) is 0 Å². The SMILES string of the molecule is CCNCCc1ccc(CN(CC)c2cccc(OC)c2)cc1.POc1ccc2c(c1)CCCC2. The zero-order valence-corrected chi connectivity index (χ0v) is 22.7. The third kappa shape index (κ3) is 8.56. The molecular formula is C30H41N2O2P. The van der Waals surface area contributed by atoms with Gasteiger partial charge < -0.3 is 19.5 Å². The summed E-state index contributed by atoms with van der Waals surface area (Å²) in [6.07, 6.45) is 6.21. The summed E-state index contributed by atoms with van der Waals surface area (Å²) < 4.78 is 10.4. The maximum Gasteiger partial charge on any atom is 0.122 e. The van der Waals surface area contributed by atoms with Gasteiger partial charge in [0.15, 0.2) is 0 Å². The van der Waals surface area contributed by atoms with Crippen molar-refractivity contribution in [2.45, 2.75) is 52.5 Å². The minimum absolute atomic E-state index is 0.903. The zero-order chi connectivity index (χ0) is 24.9. The fourth-order valence-corrected chi connectivity index (χ4v) is 4.56. The lowest BCUT2D eigenvalue weighted by Crippen LogP contribution is -2.22. The molecule has 4 nitrogen and oxygen atoms in total. The predicted molar refractivity (Wildman–Crippen MR) is 152 cm³/mol. The summed E-state index contributed by atoms with van der Waals surface area (Å²) in [6, 6.07) is 23.6. The van der Waals surface area contributed by atoms with Crippen LogP contribution in [0.3, 0.4) is 0 Å². The highest BCUT2D eigenvalue weighted by molar-refractivity contribution is 7.10. The average molecular weight is 493 g/mol. The summed E-state index contributed by atoms with van der Waals surface area (Å²) in [5.74, 6) is 1.86. The number of rotatable bonds is 10. The van der Waals surface area contributed by atoms with E-state index in [0.717, 1.165) is 44.1 Å². The average Bonchev–Trinajstić information content (AvgIpc) is 2.92. The number of likely N-dealkylation sites (N-methyl/N-ethyl adjacent to an activating group) is 1. The summed E-state index contributed by atoms with van der Waals surface area (Å²) >= 11 is 0. The molecule has 1 aliphatic rings. The van der Waals surface area contributed by atoms with Gasteiger partial charge in [0.05, 0.1) is 16.6 Å². The number of ether oxygens (including phenoxy) is 1. The quantitative estimate of drug-likeness (QED) is 0.255. The van der Waals surface area contributed by atoms with Gasteiger partial charge in [-0.05, 0) is 98.6 Å². The molecule has 0 aliphatic heterocycles. The van der Waals surface area contributed by atoms with E-state index in [2.05, 4.69) is 82.1 Å². The van der Waals surface area contributed by atoms with E-state index in [4.69, 9.17) is 9.26 Å². The van der Waals surface area contributed by atoms with Crippen LogP contribution >= 0.6 is 9.47 Å². The van der Waals surface area contributed by atoms with E-state index in [0.29, 0.717) is 0 Å². The molecule has 0 saturated carbocycles. The Bertz CT molecular complexity index is 1020. The minimum Gasteiger partial charge on any atom is -0.497 e. The first kappa shape index (κ1) is 27.0. The standard InChI is InChI=1S/C20H28N2O.C10H13OP/c1-4-21-14-13-17-9-11-18(12-10-17)16-22(5-2)19-7-6-8-20(15-19)23-3;12-11-10-6-5-8-3-1-2-4-9(8)7-10/h6-12,15,21H,4-5,13-14,16H2,1-3H3;5-7H,1-4,12H2. The maximum atomic E-state index is 5.33. The largest absolute Gasteiger partial charge is 0.497 e. The van der Waals surface area contributed by atoms with Crippen molar-refractivity contribution in [2.75, 3.05) is 31.6 Å². The first-order chi connectivity index (χ1) is 17.2. The predicted octanol–water partition coefficient (Wildman–Crippen LogP) is 6.61. The van der Waals surface area contributed by atoms with Crippen molar-refractivity contribution in [1.29, 1.82) is 0 Å². The van der Waals surface area contributed by atoms with E-state index in [1.807, 2.05) is 18.2 Å². The van der Waals surface area contributed by atoms with Gasteiger partial charge in [-0.1, -0.05) is 43.3 Å². The molecule has 3 aromatic rings. The van der Waals surface area contributed by atoms with Crippen LogP contribution in [-0.4, -0.2) is 26.7 Å². The second kappa shape index (κ2) is 14.8. The first-order valence-corrected chi connectivity index (χ1v) is 13.3. The molecule has 1 N–H and O–H groups in total. The Labute approximate surface area is 214 Å². The number of hydrogen-bond acceptors (Lipinski definition) is 4. The lowest BCUT2D eigenvalue weighted by molar-refractivity contribution is 0.415. The number of benzene rings is 3. The first-order valence-electron chi connectivity index (χ1n) is 12.8. The minimum atomic E-state index is 0.903. The van der Waals surface area contributed by atoms with Crippen LogP contribution in [0.5, 0.6) is 11.5 Å². The van der Waals surface area contributed by atoms with Gasteiger partial charge in [-0.3, -0.25) is 0 Å². The van der Waals surface area contributed by atoms with Crippen LogP contribution in [-0.2, 0) is 25.8 Å². The summed E-state index contributed by atoms with van der Waals surface area (Å²) in [5.41, 5.74) is 6.90. The Morgan fingerprint density at radius 1 is 0.857 bits per heavy atom. The van der Waals surface area contributed by atoms with Crippen LogP contribution in [0.1, 0.15) is 48.9 Å². The van der Waals surface area contributed by atoms with Gasteiger partial charge in [-0.15, -0.1) is 0 Å². The lowest BCUT2D eigenvalue weighted by Gasteiger charge is -2.23. The molecule has 4 rings (SSSR count). The van der Waals surface area contributed by atoms with Crippen molar-refractivity contribution >= 4 is 15.2 Å². The van der Waals surface area contributed by atoms with Crippen molar-refractivity contribution in [1.82, 2.24) is 5.32 Å². The van der Waals surface area contributed by atoms with E-state index in [1.54, 1.807) is 7.11 Å². The number of nitrogens with zero attached hydrogens (tertiary/aromatic N) is 1. The number of methoxy groups -OCH3 is 1. The van der Waals surface area contributed by atoms with Gasteiger partial charge >= 0.3 is 0 Å². The van der Waals surface area contributed by atoms with E-state index < -0.39 is 0 Å². The fraction of sp³-hybridized carbons (Fsp3) is 0.400. The summed E-state index contributed by atoms with van der Waals surface area (Å²) in [7, 11) is 4.00. The smallest absolute Gasteiger partial charge is 0.122 e. The molecular weight excluding hydrogens is 451 g/mol. The van der Waals surface area contributed by atoms with Crippen LogP contribution in [0.4, 0.5) is 5.69 Å². The van der Waals surface area contributed by atoms with E-state index in [9.17, 15) is 0 Å². The van der Waals surface area contributed by atoms with Crippen molar-refractivity contribution in [3.8, 4) is 11.5 Å². The second-order valence-electron chi connectivity index (χ2n) is 8.89. The van der Waals surface area contributed by atoms with Gasteiger partial charge in [0.25, 0.3) is 0 Å². The second-order valence-corrected chi connectivity index (χ2v) is 9.13. The van der Waals surface area contributed by atoms with Crippen LogP contribution in [0.25, 0.3) is 0 Å². The highest BCUT2D eigenvalue weighted by Gasteiger charge is 2.09. The van der Waals surface area contributed by atoms with Crippen molar-refractivity contribution in [3.63, 3.8) is 0 Å². The highest BCUT2D eigenvalue weighted by atomic mass is 31.0. The molecule has 0 bridgehead atoms. The Morgan fingerprint density at radius 3 is 2.29 bits per heavy atom. The van der Waals surface area contributed by atoms with Crippen LogP contribution < -0.4 is 19.5 Å². The van der Waals surface area contributed by atoms with Crippen LogP contribution in [0.15, 0.2) is 66.7 Å². The van der Waals surface area contributed by atoms with E-state index in [-0.39, 0.29) is 0 Å². The number of nitrogens with one attached hydrogen (secondary N) is 1. The third-order valence-electron chi connectivity index (χ3n) is 6.49. The number of anilines is 1. The Kier molecular flexibility index (Phi) is 11.4. The molecule has 0 aromatic heterocycles. The number of fused-ring (bicyclic) bond motifs is 1. The number of aryl methyl sites for hydroxylation is 2. The molecule has 1 unspecified atom stereocenters. The Balaban J connectivity index is 0.000000237. The molecule has 0 radical (unpaired) electrons. The molecule has 0 heterocycles. The topological polar surface area (TPSA) is 33.7 Å². The third-order valence-corrected chi connectivity index (χ3v) is 6.77. The molecule has 35 heavy (non-hydrogen) atoms. The van der Waals surface area contributed by atoms with Gasteiger partial charge in [0.2, 0.25) is 0 Å². The van der Waals surface area contributed by atoms with Gasteiger partial charge in [0, 0.05) is 24.8 Å². The van der Waals surface area contributed by atoms with Crippen molar-refractivity contribution in [3.05, 3.63) is 89.0 Å². The summed E-state index contributed by atoms with van der Waals surface area (Å²) in [5, 5.41) is 3.36. The molecule has 0 amide bonds. The number of hydrogen-bond donors (Lipinski definition) is 1.